The monoisotopic (exact) mass is 205 g/mol. The first kappa shape index (κ1) is 10.9. The maximum atomic E-state index is 10.9. The lowest BCUT2D eigenvalue weighted by molar-refractivity contribution is 0.255. The summed E-state index contributed by atoms with van der Waals surface area (Å²) in [5.41, 5.74) is 6.61. The molecule has 0 fully saturated rings. The number of amides is 2. The molecule has 0 bridgehead atoms. The quantitative estimate of drug-likeness (QED) is 0.591. The number of hydrogen-bond acceptors (Lipinski definition) is 3. The number of rotatable bonds is 3. The summed E-state index contributed by atoms with van der Waals surface area (Å²) >= 11 is 0. The van der Waals surface area contributed by atoms with Crippen molar-refractivity contribution in [1.29, 1.82) is 0 Å². The number of hydrogen-bond donors (Lipinski definition) is 1. The highest BCUT2D eigenvalue weighted by molar-refractivity contribution is 5.90. The van der Waals surface area contributed by atoms with Gasteiger partial charge in [-0.25, -0.2) is 14.6 Å². The van der Waals surface area contributed by atoms with Crippen molar-refractivity contribution in [2.45, 2.75) is 6.54 Å². The van der Waals surface area contributed by atoms with Crippen molar-refractivity contribution in [2.75, 3.05) is 11.9 Å². The third-order valence-electron chi connectivity index (χ3n) is 1.95. The Morgan fingerprint density at radius 3 is 2.93 bits per heavy atom. The third-order valence-corrected chi connectivity index (χ3v) is 1.95. The Kier molecular flexibility index (Phi) is 3.60. The highest BCUT2D eigenvalue weighted by Crippen LogP contribution is 2.14. The average molecular weight is 205 g/mol. The van der Waals surface area contributed by atoms with Gasteiger partial charge in [0.15, 0.2) is 0 Å². The highest BCUT2D eigenvalue weighted by Gasteiger charge is 2.05. The fraction of sp³-hybridized carbons (Fsp3) is 0.200. The zero-order valence-electron chi connectivity index (χ0n) is 8.30. The van der Waals surface area contributed by atoms with Crippen molar-refractivity contribution in [3.63, 3.8) is 0 Å². The van der Waals surface area contributed by atoms with Gasteiger partial charge in [-0.1, -0.05) is 12.1 Å². The Morgan fingerprint density at radius 2 is 2.33 bits per heavy atom. The van der Waals surface area contributed by atoms with Crippen LogP contribution in [0.4, 0.5) is 10.5 Å². The molecule has 0 unspecified atom stereocenters. The van der Waals surface area contributed by atoms with Crippen LogP contribution in [0.5, 0.6) is 0 Å². The topological polar surface area (TPSA) is 75.8 Å². The van der Waals surface area contributed by atoms with Gasteiger partial charge in [0.2, 0.25) is 6.08 Å². The van der Waals surface area contributed by atoms with Gasteiger partial charge in [-0.15, -0.1) is 0 Å². The van der Waals surface area contributed by atoms with Crippen LogP contribution in [0.15, 0.2) is 29.3 Å². The minimum atomic E-state index is -0.536. The Labute approximate surface area is 87.2 Å². The number of nitrogens with two attached hydrogens (primary N) is 1. The van der Waals surface area contributed by atoms with Crippen LogP contribution >= 0.6 is 0 Å². The number of benzene rings is 1. The van der Waals surface area contributed by atoms with E-state index in [4.69, 9.17) is 5.73 Å². The molecule has 1 aromatic rings. The Bertz CT molecular complexity index is 411. The first-order chi connectivity index (χ1) is 7.15. The first-order valence-electron chi connectivity index (χ1n) is 4.31. The van der Waals surface area contributed by atoms with E-state index in [0.29, 0.717) is 5.69 Å². The molecule has 15 heavy (non-hydrogen) atoms. The highest BCUT2D eigenvalue weighted by atomic mass is 16.2. The maximum Gasteiger partial charge on any atom is 0.318 e. The molecule has 0 aliphatic carbocycles. The summed E-state index contributed by atoms with van der Waals surface area (Å²) in [7, 11) is 1.57. The summed E-state index contributed by atoms with van der Waals surface area (Å²) in [6.07, 6.45) is 1.46. The summed E-state index contributed by atoms with van der Waals surface area (Å²) in [5.74, 6) is 0. The fourth-order valence-electron chi connectivity index (χ4n) is 1.11. The van der Waals surface area contributed by atoms with Crippen LogP contribution < -0.4 is 10.6 Å². The van der Waals surface area contributed by atoms with Gasteiger partial charge in [0, 0.05) is 12.7 Å². The molecule has 5 nitrogen and oxygen atoms in total. The molecule has 0 aromatic heterocycles. The summed E-state index contributed by atoms with van der Waals surface area (Å²) in [6.45, 7) is 0.254. The van der Waals surface area contributed by atoms with Crippen molar-refractivity contribution < 1.29 is 9.59 Å². The zero-order valence-corrected chi connectivity index (χ0v) is 8.30. The van der Waals surface area contributed by atoms with E-state index in [0.717, 1.165) is 5.56 Å². The van der Waals surface area contributed by atoms with E-state index in [2.05, 4.69) is 4.99 Å². The van der Waals surface area contributed by atoms with Crippen LogP contribution in [-0.4, -0.2) is 19.2 Å². The molecule has 0 saturated carbocycles. The molecule has 0 aliphatic heterocycles. The molecule has 5 heteroatoms. The molecule has 0 saturated heterocycles. The van der Waals surface area contributed by atoms with E-state index >= 15 is 0 Å². The second-order valence-electron chi connectivity index (χ2n) is 2.97. The normalized spacial score (nSPS) is 9.13. The molecule has 1 aromatic carbocycles. The van der Waals surface area contributed by atoms with Gasteiger partial charge >= 0.3 is 6.03 Å². The molecular formula is C10H11N3O2. The average Bonchev–Trinajstić information content (AvgIpc) is 2.25. The number of anilines is 1. The number of isocyanates is 1. The lowest BCUT2D eigenvalue weighted by Crippen LogP contribution is -2.31. The second-order valence-corrected chi connectivity index (χ2v) is 2.97. The van der Waals surface area contributed by atoms with E-state index in [9.17, 15) is 9.59 Å². The van der Waals surface area contributed by atoms with Crippen LogP contribution in [0.2, 0.25) is 0 Å². The molecule has 0 atom stereocenters. The van der Waals surface area contributed by atoms with E-state index in [-0.39, 0.29) is 6.54 Å². The minimum absolute atomic E-state index is 0.254. The molecule has 2 amide bonds. The summed E-state index contributed by atoms with van der Waals surface area (Å²) < 4.78 is 0. The molecule has 0 radical (unpaired) electrons. The molecule has 0 spiro atoms. The summed E-state index contributed by atoms with van der Waals surface area (Å²) in [6, 6.07) is 6.53. The predicted molar refractivity (Wildman–Crippen MR) is 56.3 cm³/mol. The largest absolute Gasteiger partial charge is 0.351 e. The molecule has 0 aliphatic rings. The fourth-order valence-corrected chi connectivity index (χ4v) is 1.11. The SMILES string of the molecule is CN(C(N)=O)c1cccc(CN=C=O)c1. The number of carbonyl (C=O) groups is 1. The number of aliphatic imine (C=N–C) groups is 1. The van der Waals surface area contributed by atoms with Crippen LogP contribution in [-0.2, 0) is 11.3 Å². The van der Waals surface area contributed by atoms with Crippen molar-refractivity contribution in [3.05, 3.63) is 29.8 Å². The standard InChI is InChI=1S/C10H11N3O2/c1-13(10(11)15)9-4-2-3-8(5-9)6-12-7-14/h2-5H,6H2,1H3,(H2,11,15). The van der Waals surface area contributed by atoms with Crippen LogP contribution in [0.25, 0.3) is 0 Å². The molecule has 0 heterocycles. The number of nitrogens with zero attached hydrogens (tertiary/aromatic N) is 2. The van der Waals surface area contributed by atoms with Gasteiger partial charge in [-0.3, -0.25) is 4.90 Å². The Balaban J connectivity index is 2.91. The van der Waals surface area contributed by atoms with Gasteiger partial charge in [0.25, 0.3) is 0 Å². The number of carbonyl (C=O) groups excluding carboxylic acids is 2. The number of primary amides is 1. The lowest BCUT2D eigenvalue weighted by atomic mass is 10.2. The molecule has 78 valence electrons. The van der Waals surface area contributed by atoms with Crippen molar-refractivity contribution in [2.24, 2.45) is 10.7 Å². The third kappa shape index (κ3) is 2.93. The second kappa shape index (κ2) is 4.93. The van der Waals surface area contributed by atoms with Crippen LogP contribution in [0.1, 0.15) is 5.56 Å². The summed E-state index contributed by atoms with van der Waals surface area (Å²) in [4.78, 5) is 25.6. The zero-order chi connectivity index (χ0) is 11.3. The van der Waals surface area contributed by atoms with Crippen LogP contribution in [0.3, 0.4) is 0 Å². The van der Waals surface area contributed by atoms with Crippen molar-refractivity contribution in [1.82, 2.24) is 0 Å². The van der Waals surface area contributed by atoms with E-state index in [1.807, 2.05) is 0 Å². The van der Waals surface area contributed by atoms with Crippen LogP contribution in [0, 0.1) is 0 Å². The lowest BCUT2D eigenvalue weighted by Gasteiger charge is -2.14. The maximum absolute atomic E-state index is 10.9. The predicted octanol–water partition coefficient (Wildman–Crippen LogP) is 1.04. The van der Waals surface area contributed by atoms with Crippen molar-refractivity contribution >= 4 is 17.8 Å². The molecule has 2 N–H and O–H groups in total. The van der Waals surface area contributed by atoms with E-state index in [1.54, 1.807) is 31.3 Å². The first-order valence-corrected chi connectivity index (χ1v) is 4.31. The Hall–Kier alpha value is -2.13. The number of urea groups is 1. The smallest absolute Gasteiger partial charge is 0.318 e. The van der Waals surface area contributed by atoms with Gasteiger partial charge in [0.05, 0.1) is 6.54 Å². The molecule has 1 rings (SSSR count). The van der Waals surface area contributed by atoms with Gasteiger partial charge in [0.1, 0.15) is 0 Å². The van der Waals surface area contributed by atoms with E-state index in [1.165, 1.54) is 11.0 Å². The summed E-state index contributed by atoms with van der Waals surface area (Å²) in [5, 5.41) is 0. The van der Waals surface area contributed by atoms with E-state index < -0.39 is 6.03 Å². The van der Waals surface area contributed by atoms with Gasteiger partial charge in [-0.2, -0.15) is 0 Å². The Morgan fingerprint density at radius 1 is 1.60 bits per heavy atom. The van der Waals surface area contributed by atoms with Gasteiger partial charge < -0.3 is 5.73 Å². The van der Waals surface area contributed by atoms with Crippen molar-refractivity contribution in [3.8, 4) is 0 Å². The molecular weight excluding hydrogens is 194 g/mol. The van der Waals surface area contributed by atoms with Gasteiger partial charge in [-0.05, 0) is 17.7 Å². The minimum Gasteiger partial charge on any atom is -0.351 e.